The van der Waals surface area contributed by atoms with E-state index in [9.17, 15) is 4.79 Å². The Labute approximate surface area is 117 Å². The van der Waals surface area contributed by atoms with E-state index >= 15 is 0 Å². The fourth-order valence-corrected chi connectivity index (χ4v) is 2.69. The smallest absolute Gasteiger partial charge is 0.191 e. The first-order valence-corrected chi connectivity index (χ1v) is 6.06. The first-order chi connectivity index (χ1) is 7.22. The molecular weight excluding hydrogens is 281 g/mol. The highest BCUT2D eigenvalue weighted by molar-refractivity contribution is 7.17. The number of carbonyl (C=O) groups excluding carboxylic acids is 1. The SMILES string of the molecule is CCCNC1CCc2nc(N)sc2C1=O.Cl.Cl. The minimum Gasteiger partial charge on any atom is -0.375 e. The molecule has 0 aromatic carbocycles. The summed E-state index contributed by atoms with van der Waals surface area (Å²) in [4.78, 5) is 16.9. The number of nitrogens with one attached hydrogen (secondary N) is 1. The molecule has 3 N–H and O–H groups in total. The first kappa shape index (κ1) is 16.6. The van der Waals surface area contributed by atoms with E-state index in [0.717, 1.165) is 36.4 Å². The van der Waals surface area contributed by atoms with Crippen molar-refractivity contribution in [3.8, 4) is 0 Å². The molecule has 0 aliphatic heterocycles. The van der Waals surface area contributed by atoms with Gasteiger partial charge in [0.25, 0.3) is 0 Å². The number of rotatable bonds is 3. The number of nitrogens with two attached hydrogens (primary N) is 1. The van der Waals surface area contributed by atoms with Gasteiger partial charge in [-0.05, 0) is 25.8 Å². The number of nitrogen functional groups attached to an aromatic ring is 1. The van der Waals surface area contributed by atoms with E-state index in [2.05, 4.69) is 17.2 Å². The average molecular weight is 298 g/mol. The number of aryl methyl sites for hydroxylation is 1. The lowest BCUT2D eigenvalue weighted by Gasteiger charge is -2.20. The van der Waals surface area contributed by atoms with Crippen molar-refractivity contribution in [3.63, 3.8) is 0 Å². The third kappa shape index (κ3) is 3.55. The standard InChI is InChI=1S/C10H15N3OS.2ClH/c1-2-5-12-6-3-4-7-9(8(6)14)15-10(11)13-7;;/h6,12H,2-5H2,1H3,(H2,11,13);2*1H. The summed E-state index contributed by atoms with van der Waals surface area (Å²) in [6, 6.07) is -0.0303. The fraction of sp³-hybridized carbons (Fsp3) is 0.600. The molecule has 1 unspecified atom stereocenters. The Hall–Kier alpha value is -0.360. The van der Waals surface area contributed by atoms with Crippen LogP contribution in [-0.2, 0) is 6.42 Å². The summed E-state index contributed by atoms with van der Waals surface area (Å²) in [7, 11) is 0. The molecule has 1 aliphatic carbocycles. The highest BCUT2D eigenvalue weighted by Crippen LogP contribution is 2.28. The highest BCUT2D eigenvalue weighted by atomic mass is 35.5. The second kappa shape index (κ2) is 7.16. The Morgan fingerprint density at radius 1 is 1.53 bits per heavy atom. The van der Waals surface area contributed by atoms with Gasteiger partial charge < -0.3 is 11.1 Å². The van der Waals surface area contributed by atoms with Gasteiger partial charge in [-0.15, -0.1) is 24.8 Å². The van der Waals surface area contributed by atoms with Crippen LogP contribution in [0.25, 0.3) is 0 Å². The van der Waals surface area contributed by atoms with Crippen LogP contribution in [0.4, 0.5) is 5.13 Å². The van der Waals surface area contributed by atoms with Crippen molar-refractivity contribution < 1.29 is 4.79 Å². The largest absolute Gasteiger partial charge is 0.375 e. The molecule has 7 heteroatoms. The van der Waals surface area contributed by atoms with Gasteiger partial charge in [-0.25, -0.2) is 4.98 Å². The van der Waals surface area contributed by atoms with Gasteiger partial charge in [-0.2, -0.15) is 0 Å². The lowest BCUT2D eigenvalue weighted by molar-refractivity contribution is 0.0932. The molecule has 1 aromatic rings. The Bertz CT molecular complexity index is 384. The maximum Gasteiger partial charge on any atom is 0.191 e. The molecule has 1 aliphatic rings. The van der Waals surface area contributed by atoms with Crippen molar-refractivity contribution in [2.75, 3.05) is 12.3 Å². The summed E-state index contributed by atoms with van der Waals surface area (Å²) >= 11 is 1.31. The van der Waals surface area contributed by atoms with Crippen molar-refractivity contribution in [1.82, 2.24) is 10.3 Å². The number of aromatic nitrogens is 1. The number of hydrogen-bond acceptors (Lipinski definition) is 5. The number of thiazole rings is 1. The Kier molecular flexibility index (Phi) is 7.01. The lowest BCUT2D eigenvalue weighted by atomic mass is 9.96. The molecule has 0 saturated heterocycles. The normalized spacial score (nSPS) is 17.9. The summed E-state index contributed by atoms with van der Waals surface area (Å²) < 4.78 is 0. The van der Waals surface area contributed by atoms with E-state index in [1.807, 2.05) is 0 Å². The molecule has 1 aromatic heterocycles. The van der Waals surface area contributed by atoms with Crippen LogP contribution in [0, 0.1) is 0 Å². The number of Topliss-reactive ketones (excluding diaryl/α,β-unsaturated/α-hetero) is 1. The third-order valence-corrected chi connectivity index (χ3v) is 3.51. The third-order valence-electron chi connectivity index (χ3n) is 2.56. The van der Waals surface area contributed by atoms with Crippen molar-refractivity contribution in [1.29, 1.82) is 0 Å². The number of fused-ring (bicyclic) bond motifs is 1. The van der Waals surface area contributed by atoms with Crippen LogP contribution < -0.4 is 11.1 Å². The zero-order chi connectivity index (χ0) is 10.8. The Morgan fingerprint density at radius 3 is 2.88 bits per heavy atom. The lowest BCUT2D eigenvalue weighted by Crippen LogP contribution is -2.40. The Balaban J connectivity index is 0.00000128. The predicted molar refractivity (Wildman–Crippen MR) is 75.8 cm³/mol. The summed E-state index contributed by atoms with van der Waals surface area (Å²) in [6.07, 6.45) is 2.74. The molecule has 0 saturated carbocycles. The van der Waals surface area contributed by atoms with E-state index < -0.39 is 0 Å². The van der Waals surface area contributed by atoms with E-state index in [1.54, 1.807) is 0 Å². The maximum absolute atomic E-state index is 12.0. The van der Waals surface area contributed by atoms with Gasteiger partial charge in [0, 0.05) is 0 Å². The van der Waals surface area contributed by atoms with Crippen LogP contribution in [0.1, 0.15) is 35.1 Å². The van der Waals surface area contributed by atoms with Gasteiger partial charge in [0.15, 0.2) is 10.9 Å². The van der Waals surface area contributed by atoms with Gasteiger partial charge >= 0.3 is 0 Å². The molecule has 1 atom stereocenters. The molecule has 0 spiro atoms. The molecular formula is C10H17Cl2N3OS. The van der Waals surface area contributed by atoms with Gasteiger partial charge in [0.2, 0.25) is 0 Å². The summed E-state index contributed by atoms with van der Waals surface area (Å²) in [5.74, 6) is 0.166. The van der Waals surface area contributed by atoms with E-state index in [0.29, 0.717) is 5.13 Å². The summed E-state index contributed by atoms with van der Waals surface area (Å²) in [6.45, 7) is 2.98. The minimum absolute atomic E-state index is 0. The number of hydrogen-bond donors (Lipinski definition) is 2. The zero-order valence-electron chi connectivity index (χ0n) is 9.56. The zero-order valence-corrected chi connectivity index (χ0v) is 12.0. The number of anilines is 1. The highest BCUT2D eigenvalue weighted by Gasteiger charge is 2.29. The van der Waals surface area contributed by atoms with Crippen LogP contribution in [0.5, 0.6) is 0 Å². The second-order valence-electron chi connectivity index (χ2n) is 3.74. The van der Waals surface area contributed by atoms with Crippen molar-refractivity contribution in [2.24, 2.45) is 0 Å². The molecule has 17 heavy (non-hydrogen) atoms. The fourth-order valence-electron chi connectivity index (χ4n) is 1.82. The van der Waals surface area contributed by atoms with Crippen molar-refractivity contribution in [2.45, 2.75) is 32.2 Å². The van der Waals surface area contributed by atoms with Gasteiger partial charge in [0.1, 0.15) is 0 Å². The van der Waals surface area contributed by atoms with Crippen molar-refractivity contribution in [3.05, 3.63) is 10.6 Å². The van der Waals surface area contributed by atoms with E-state index in [1.165, 1.54) is 11.3 Å². The summed E-state index contributed by atoms with van der Waals surface area (Å²) in [5, 5.41) is 3.76. The monoisotopic (exact) mass is 297 g/mol. The molecule has 0 radical (unpaired) electrons. The Morgan fingerprint density at radius 2 is 2.24 bits per heavy atom. The number of nitrogens with zero attached hydrogens (tertiary/aromatic N) is 1. The molecule has 98 valence electrons. The molecule has 0 fully saturated rings. The average Bonchev–Trinajstić information content (AvgIpc) is 2.59. The molecule has 0 amide bonds. The van der Waals surface area contributed by atoms with E-state index in [-0.39, 0.29) is 36.6 Å². The quantitative estimate of drug-likeness (QED) is 0.896. The number of halogens is 2. The van der Waals surface area contributed by atoms with Crippen LogP contribution in [0.15, 0.2) is 0 Å². The maximum atomic E-state index is 12.0. The van der Waals surface area contributed by atoms with Gasteiger partial charge in [-0.1, -0.05) is 18.3 Å². The van der Waals surface area contributed by atoms with Crippen LogP contribution in [0.3, 0.4) is 0 Å². The molecule has 2 rings (SSSR count). The van der Waals surface area contributed by atoms with Gasteiger partial charge in [0.05, 0.1) is 16.6 Å². The van der Waals surface area contributed by atoms with E-state index in [4.69, 9.17) is 5.73 Å². The molecule has 1 heterocycles. The molecule has 0 bridgehead atoms. The number of ketones is 1. The molecule has 4 nitrogen and oxygen atoms in total. The van der Waals surface area contributed by atoms with Gasteiger partial charge in [-0.3, -0.25) is 4.79 Å². The van der Waals surface area contributed by atoms with Crippen LogP contribution >= 0.6 is 36.2 Å². The van der Waals surface area contributed by atoms with Crippen LogP contribution in [0.2, 0.25) is 0 Å². The predicted octanol–water partition coefficient (Wildman–Crippen LogP) is 2.07. The van der Waals surface area contributed by atoms with Crippen LogP contribution in [-0.4, -0.2) is 23.4 Å². The first-order valence-electron chi connectivity index (χ1n) is 5.25. The second-order valence-corrected chi connectivity index (χ2v) is 4.77. The summed E-state index contributed by atoms with van der Waals surface area (Å²) in [5.41, 5.74) is 6.49. The topological polar surface area (TPSA) is 68.0 Å². The minimum atomic E-state index is -0.0303. The number of carbonyl (C=O) groups is 1. The van der Waals surface area contributed by atoms with Crippen molar-refractivity contribution >= 4 is 47.1 Å².